The van der Waals surface area contributed by atoms with E-state index >= 15 is 0 Å². The highest BCUT2D eigenvalue weighted by molar-refractivity contribution is 7.22. The van der Waals surface area contributed by atoms with Crippen molar-refractivity contribution in [3.8, 4) is 11.5 Å². The average molecular weight is 470 g/mol. The number of amides is 1. The molecular weight excluding hydrogens is 446 g/mol. The van der Waals surface area contributed by atoms with Gasteiger partial charge in [-0.2, -0.15) is 0 Å². The average Bonchev–Trinajstić information content (AvgIpc) is 3.38. The summed E-state index contributed by atoms with van der Waals surface area (Å²) in [4.78, 5) is 22.1. The van der Waals surface area contributed by atoms with E-state index in [0.717, 1.165) is 38.8 Å². The molecule has 1 amide bonds. The number of halogens is 1. The van der Waals surface area contributed by atoms with Crippen molar-refractivity contribution in [3.63, 3.8) is 0 Å². The summed E-state index contributed by atoms with van der Waals surface area (Å²) in [5.41, 5.74) is 1.84. The number of carbonyl (C=O) groups is 1. The van der Waals surface area contributed by atoms with Gasteiger partial charge in [0.2, 0.25) is 12.7 Å². The van der Waals surface area contributed by atoms with Crippen molar-refractivity contribution in [2.75, 3.05) is 38.9 Å². The molecule has 0 spiro atoms. The Hall–Kier alpha value is -2.87. The molecule has 5 rings (SSSR count). The third-order valence-electron chi connectivity index (χ3n) is 5.40. The minimum absolute atomic E-state index is 0. The zero-order chi connectivity index (χ0) is 21.4. The van der Waals surface area contributed by atoms with E-state index in [-0.39, 0.29) is 25.1 Å². The molecule has 0 atom stereocenters. The fraction of sp³-hybridized carbons (Fsp3) is 0.250. The first kappa shape index (κ1) is 22.3. The molecule has 0 saturated carbocycles. The van der Waals surface area contributed by atoms with E-state index < -0.39 is 0 Å². The molecule has 166 valence electrons. The van der Waals surface area contributed by atoms with Crippen LogP contribution in [0.25, 0.3) is 21.0 Å². The van der Waals surface area contributed by atoms with Gasteiger partial charge >= 0.3 is 0 Å². The molecule has 0 N–H and O–H groups in total. The Morgan fingerprint density at radius 3 is 2.59 bits per heavy atom. The minimum atomic E-state index is 0. The molecular formula is C24H24ClN3O3S. The third kappa shape index (κ3) is 4.37. The Morgan fingerprint density at radius 2 is 1.78 bits per heavy atom. The molecule has 0 aliphatic carbocycles. The first-order chi connectivity index (χ1) is 15.1. The molecule has 6 nitrogen and oxygen atoms in total. The quantitative estimate of drug-likeness (QED) is 0.408. The van der Waals surface area contributed by atoms with Gasteiger partial charge in [0.25, 0.3) is 0 Å². The molecule has 0 saturated heterocycles. The van der Waals surface area contributed by atoms with Crippen molar-refractivity contribution in [3.05, 3.63) is 60.2 Å². The Bertz CT molecular complexity index is 1230. The first-order valence-electron chi connectivity index (χ1n) is 10.2. The van der Waals surface area contributed by atoms with Crippen LogP contribution in [0.3, 0.4) is 0 Å². The predicted molar refractivity (Wildman–Crippen MR) is 132 cm³/mol. The number of hydrogen-bond donors (Lipinski definition) is 0. The van der Waals surface area contributed by atoms with Gasteiger partial charge in [0, 0.05) is 25.2 Å². The van der Waals surface area contributed by atoms with Crippen LogP contribution in [0.4, 0.5) is 5.13 Å². The number of carbonyl (C=O) groups excluding carboxylic acids is 1. The van der Waals surface area contributed by atoms with Crippen LogP contribution in [0.2, 0.25) is 0 Å². The van der Waals surface area contributed by atoms with Crippen molar-refractivity contribution in [1.29, 1.82) is 0 Å². The monoisotopic (exact) mass is 469 g/mol. The second kappa shape index (κ2) is 9.32. The maximum atomic E-state index is 13.5. The van der Waals surface area contributed by atoms with Crippen molar-refractivity contribution >= 4 is 55.8 Å². The van der Waals surface area contributed by atoms with Gasteiger partial charge in [-0.3, -0.25) is 9.69 Å². The lowest BCUT2D eigenvalue weighted by molar-refractivity contribution is -0.118. The summed E-state index contributed by atoms with van der Waals surface area (Å²) >= 11 is 1.51. The smallest absolute Gasteiger partial charge is 0.233 e. The summed E-state index contributed by atoms with van der Waals surface area (Å²) in [5.74, 6) is 1.47. The molecule has 0 radical (unpaired) electrons. The number of benzene rings is 3. The van der Waals surface area contributed by atoms with E-state index in [1.165, 1.54) is 11.3 Å². The van der Waals surface area contributed by atoms with Crippen LogP contribution in [0.5, 0.6) is 11.5 Å². The lowest BCUT2D eigenvalue weighted by Crippen LogP contribution is -2.37. The number of thiazole rings is 1. The minimum Gasteiger partial charge on any atom is -0.454 e. The largest absolute Gasteiger partial charge is 0.454 e. The Kier molecular flexibility index (Phi) is 6.50. The Balaban J connectivity index is 0.00000245. The van der Waals surface area contributed by atoms with E-state index in [0.29, 0.717) is 23.8 Å². The maximum absolute atomic E-state index is 13.5. The molecule has 4 aromatic rings. The zero-order valence-electron chi connectivity index (χ0n) is 17.9. The topological polar surface area (TPSA) is 54.9 Å². The lowest BCUT2D eigenvalue weighted by atomic mass is 10.0. The standard InChI is InChI=1S/C24H23N3O3S.ClH/c1-26(2)10-11-27(23(28)12-17-8-5-7-16-6-3-4-9-18(16)17)24-25-19-13-20-21(30-15-29-20)14-22(19)31-24;/h3-9,13-14H,10-12,15H2,1-2H3;1H. The normalized spacial score (nSPS) is 12.3. The molecule has 2 heterocycles. The number of hydrogen-bond acceptors (Lipinski definition) is 6. The predicted octanol–water partition coefficient (Wildman–Crippen LogP) is 4.74. The summed E-state index contributed by atoms with van der Waals surface area (Å²) in [6, 6.07) is 18.1. The Labute approximate surface area is 196 Å². The third-order valence-corrected chi connectivity index (χ3v) is 6.44. The van der Waals surface area contributed by atoms with Gasteiger partial charge in [0.1, 0.15) is 0 Å². The molecule has 1 aliphatic rings. The first-order valence-corrected chi connectivity index (χ1v) is 11.0. The van der Waals surface area contributed by atoms with Gasteiger partial charge < -0.3 is 14.4 Å². The second-order valence-corrected chi connectivity index (χ2v) is 8.84. The molecule has 0 unspecified atom stereocenters. The van der Waals surface area contributed by atoms with Gasteiger partial charge in [-0.1, -0.05) is 53.8 Å². The van der Waals surface area contributed by atoms with E-state index in [4.69, 9.17) is 14.5 Å². The SMILES string of the molecule is CN(C)CCN(C(=O)Cc1cccc2ccccc12)c1nc2cc3c(cc2s1)OCO3.Cl. The number of anilines is 1. The number of likely N-dealkylation sites (N-methyl/N-ethyl adjacent to an activating group) is 1. The van der Waals surface area contributed by atoms with Gasteiger partial charge in [-0.15, -0.1) is 12.4 Å². The van der Waals surface area contributed by atoms with Crippen molar-refractivity contribution < 1.29 is 14.3 Å². The zero-order valence-corrected chi connectivity index (χ0v) is 19.5. The molecule has 8 heteroatoms. The van der Waals surface area contributed by atoms with Gasteiger partial charge in [-0.05, 0) is 30.4 Å². The maximum Gasteiger partial charge on any atom is 0.233 e. The summed E-state index contributed by atoms with van der Waals surface area (Å²) in [7, 11) is 4.01. The highest BCUT2D eigenvalue weighted by Gasteiger charge is 2.23. The van der Waals surface area contributed by atoms with Crippen LogP contribution in [0.15, 0.2) is 54.6 Å². The Morgan fingerprint density at radius 1 is 1.03 bits per heavy atom. The molecule has 0 fully saturated rings. The molecule has 1 aliphatic heterocycles. The highest BCUT2D eigenvalue weighted by atomic mass is 35.5. The summed E-state index contributed by atoms with van der Waals surface area (Å²) in [6.45, 7) is 1.56. The summed E-state index contributed by atoms with van der Waals surface area (Å²) < 4.78 is 11.9. The van der Waals surface area contributed by atoms with Crippen LogP contribution in [-0.2, 0) is 11.2 Å². The van der Waals surface area contributed by atoms with E-state index in [1.54, 1.807) is 4.90 Å². The lowest BCUT2D eigenvalue weighted by Gasteiger charge is -2.22. The van der Waals surface area contributed by atoms with Crippen molar-refractivity contribution in [2.24, 2.45) is 0 Å². The second-order valence-electron chi connectivity index (χ2n) is 7.83. The van der Waals surface area contributed by atoms with Crippen LogP contribution in [0, 0.1) is 0 Å². The molecule has 3 aromatic carbocycles. The number of fused-ring (bicyclic) bond motifs is 3. The number of rotatable bonds is 6. The molecule has 32 heavy (non-hydrogen) atoms. The van der Waals surface area contributed by atoms with Crippen molar-refractivity contribution in [2.45, 2.75) is 6.42 Å². The van der Waals surface area contributed by atoms with Crippen LogP contribution >= 0.6 is 23.7 Å². The van der Waals surface area contributed by atoms with Crippen LogP contribution < -0.4 is 14.4 Å². The number of nitrogens with zero attached hydrogens (tertiary/aromatic N) is 3. The van der Waals surface area contributed by atoms with Gasteiger partial charge in [0.05, 0.1) is 16.6 Å². The fourth-order valence-electron chi connectivity index (χ4n) is 3.75. The molecule has 0 bridgehead atoms. The fourth-order valence-corrected chi connectivity index (χ4v) is 4.77. The van der Waals surface area contributed by atoms with Crippen LogP contribution in [-0.4, -0.2) is 49.8 Å². The van der Waals surface area contributed by atoms with Gasteiger partial charge in [0.15, 0.2) is 16.6 Å². The van der Waals surface area contributed by atoms with Crippen molar-refractivity contribution in [1.82, 2.24) is 9.88 Å². The summed E-state index contributed by atoms with van der Waals surface area (Å²) in [5, 5.41) is 2.95. The summed E-state index contributed by atoms with van der Waals surface area (Å²) in [6.07, 6.45) is 0.327. The highest BCUT2D eigenvalue weighted by Crippen LogP contribution is 2.40. The van der Waals surface area contributed by atoms with E-state index in [1.807, 2.05) is 50.5 Å². The number of aromatic nitrogens is 1. The number of ether oxygens (including phenoxy) is 2. The molecule has 1 aromatic heterocycles. The van der Waals surface area contributed by atoms with E-state index in [2.05, 4.69) is 23.1 Å². The van der Waals surface area contributed by atoms with Gasteiger partial charge in [-0.25, -0.2) is 4.98 Å². The van der Waals surface area contributed by atoms with Crippen LogP contribution in [0.1, 0.15) is 5.56 Å². The van der Waals surface area contributed by atoms with E-state index in [9.17, 15) is 4.79 Å².